The van der Waals surface area contributed by atoms with Gasteiger partial charge in [0.25, 0.3) is 0 Å². The summed E-state index contributed by atoms with van der Waals surface area (Å²) >= 11 is 0. The van der Waals surface area contributed by atoms with Crippen LogP contribution >= 0.6 is 0 Å². The molecule has 1 aromatic rings. The molecule has 0 spiro atoms. The summed E-state index contributed by atoms with van der Waals surface area (Å²) in [6, 6.07) is 6.18. The number of nitrogens with one attached hydrogen (secondary N) is 1. The fraction of sp³-hybridized carbons (Fsp3) is 0.412. The average Bonchev–Trinajstić information content (AvgIpc) is 2.46. The topological polar surface area (TPSA) is 21.3 Å². The molecule has 19 heavy (non-hydrogen) atoms. The lowest BCUT2D eigenvalue weighted by Gasteiger charge is -2.09. The van der Waals surface area contributed by atoms with Gasteiger partial charge in [0, 0.05) is 12.7 Å². The minimum absolute atomic E-state index is 0.889. The van der Waals surface area contributed by atoms with Crippen LogP contribution < -0.4 is 10.1 Å². The summed E-state index contributed by atoms with van der Waals surface area (Å²) in [4.78, 5) is 0. The van der Waals surface area contributed by atoms with Crippen molar-refractivity contribution in [3.05, 3.63) is 47.6 Å². The molecule has 0 aliphatic rings. The normalized spacial score (nSPS) is 11.9. The fourth-order valence-electron chi connectivity index (χ4n) is 2.04. The second kappa shape index (κ2) is 8.41. The van der Waals surface area contributed by atoms with Gasteiger partial charge in [-0.2, -0.15) is 0 Å². The molecule has 0 fully saturated rings. The number of hydrogen-bond acceptors (Lipinski definition) is 2. The third-order valence-corrected chi connectivity index (χ3v) is 3.15. The lowest BCUT2D eigenvalue weighted by molar-refractivity contribution is 0.411. The molecule has 0 unspecified atom stereocenters. The van der Waals surface area contributed by atoms with Crippen LogP contribution in [0.5, 0.6) is 5.75 Å². The molecule has 2 nitrogen and oxygen atoms in total. The molecule has 0 saturated heterocycles. The molecule has 0 saturated carbocycles. The average molecular weight is 259 g/mol. The first-order chi connectivity index (χ1) is 9.24. The van der Waals surface area contributed by atoms with Crippen molar-refractivity contribution in [1.29, 1.82) is 0 Å². The Morgan fingerprint density at radius 2 is 2.16 bits per heavy atom. The smallest absolute Gasteiger partial charge is 0.122 e. The highest BCUT2D eigenvalue weighted by Gasteiger charge is 2.02. The Kier molecular flexibility index (Phi) is 6.80. The Bertz CT molecular complexity index is 447. The minimum atomic E-state index is 0.889. The molecule has 1 aromatic carbocycles. The van der Waals surface area contributed by atoms with E-state index >= 15 is 0 Å². The molecular formula is C17H25NO. The lowest BCUT2D eigenvalue weighted by Crippen LogP contribution is -1.94. The number of methoxy groups -OCH3 is 1. The largest absolute Gasteiger partial charge is 0.496 e. The maximum absolute atomic E-state index is 5.40. The van der Waals surface area contributed by atoms with E-state index in [0.29, 0.717) is 0 Å². The van der Waals surface area contributed by atoms with E-state index in [1.54, 1.807) is 7.11 Å². The quantitative estimate of drug-likeness (QED) is 0.724. The molecule has 104 valence electrons. The van der Waals surface area contributed by atoms with Crippen LogP contribution in [0, 0.1) is 0 Å². The van der Waals surface area contributed by atoms with E-state index in [4.69, 9.17) is 4.74 Å². The highest BCUT2D eigenvalue weighted by molar-refractivity contribution is 5.51. The SMILES string of the molecule is C/C=C(\C=C/Cc1cc(NC)ccc1OC)CCC. The predicted molar refractivity (Wildman–Crippen MR) is 84.0 cm³/mol. The van der Waals surface area contributed by atoms with E-state index in [1.165, 1.54) is 17.6 Å². The highest BCUT2D eigenvalue weighted by atomic mass is 16.5. The zero-order valence-electron chi connectivity index (χ0n) is 12.5. The minimum Gasteiger partial charge on any atom is -0.496 e. The van der Waals surface area contributed by atoms with E-state index in [2.05, 4.69) is 43.5 Å². The summed E-state index contributed by atoms with van der Waals surface area (Å²) < 4.78 is 5.40. The number of allylic oxidation sites excluding steroid dienone is 4. The maximum Gasteiger partial charge on any atom is 0.122 e. The lowest BCUT2D eigenvalue weighted by atomic mass is 10.1. The molecule has 0 aliphatic heterocycles. The van der Waals surface area contributed by atoms with Gasteiger partial charge in [0.2, 0.25) is 0 Å². The van der Waals surface area contributed by atoms with Gasteiger partial charge in [-0.1, -0.05) is 37.1 Å². The molecule has 0 bridgehead atoms. The van der Waals surface area contributed by atoms with E-state index < -0.39 is 0 Å². The van der Waals surface area contributed by atoms with Crippen LogP contribution in [-0.2, 0) is 6.42 Å². The number of benzene rings is 1. The van der Waals surface area contributed by atoms with Gasteiger partial charge in [0.15, 0.2) is 0 Å². The van der Waals surface area contributed by atoms with Crippen molar-refractivity contribution in [2.24, 2.45) is 0 Å². The Labute approximate surface area is 117 Å². The second-order valence-electron chi connectivity index (χ2n) is 4.50. The van der Waals surface area contributed by atoms with Crippen LogP contribution in [0.25, 0.3) is 0 Å². The van der Waals surface area contributed by atoms with Gasteiger partial charge in [-0.25, -0.2) is 0 Å². The monoisotopic (exact) mass is 259 g/mol. The summed E-state index contributed by atoms with van der Waals surface area (Å²) in [6.07, 6.45) is 9.82. The van der Waals surface area contributed by atoms with Crippen LogP contribution in [0.3, 0.4) is 0 Å². The third kappa shape index (κ3) is 4.82. The van der Waals surface area contributed by atoms with Gasteiger partial charge in [-0.05, 0) is 43.5 Å². The van der Waals surface area contributed by atoms with E-state index in [-0.39, 0.29) is 0 Å². The highest BCUT2D eigenvalue weighted by Crippen LogP contribution is 2.23. The summed E-state index contributed by atoms with van der Waals surface area (Å²) in [5.74, 6) is 0.946. The van der Waals surface area contributed by atoms with Crippen molar-refractivity contribution in [1.82, 2.24) is 0 Å². The van der Waals surface area contributed by atoms with Gasteiger partial charge < -0.3 is 10.1 Å². The Hall–Kier alpha value is -1.70. The van der Waals surface area contributed by atoms with Crippen molar-refractivity contribution in [2.45, 2.75) is 33.1 Å². The van der Waals surface area contributed by atoms with Crippen molar-refractivity contribution in [3.63, 3.8) is 0 Å². The van der Waals surface area contributed by atoms with Gasteiger partial charge in [-0.3, -0.25) is 0 Å². The number of ether oxygens (including phenoxy) is 1. The first-order valence-electron chi connectivity index (χ1n) is 6.91. The van der Waals surface area contributed by atoms with Crippen molar-refractivity contribution in [2.75, 3.05) is 19.5 Å². The van der Waals surface area contributed by atoms with E-state index in [9.17, 15) is 0 Å². The molecule has 2 heteroatoms. The number of anilines is 1. The van der Waals surface area contributed by atoms with Gasteiger partial charge in [0.1, 0.15) is 5.75 Å². The first kappa shape index (κ1) is 15.4. The zero-order valence-corrected chi connectivity index (χ0v) is 12.5. The Morgan fingerprint density at radius 3 is 2.74 bits per heavy atom. The van der Waals surface area contributed by atoms with Crippen LogP contribution in [-0.4, -0.2) is 14.2 Å². The molecule has 1 rings (SSSR count). The van der Waals surface area contributed by atoms with Gasteiger partial charge in [-0.15, -0.1) is 0 Å². The van der Waals surface area contributed by atoms with Crippen LogP contribution in [0.1, 0.15) is 32.3 Å². The molecule has 0 amide bonds. The molecule has 1 N–H and O–H groups in total. The summed E-state index contributed by atoms with van der Waals surface area (Å²) in [7, 11) is 3.65. The molecular weight excluding hydrogens is 234 g/mol. The Balaban J connectivity index is 2.78. The molecule has 0 aromatic heterocycles. The number of hydrogen-bond donors (Lipinski definition) is 1. The second-order valence-corrected chi connectivity index (χ2v) is 4.50. The summed E-state index contributed by atoms with van der Waals surface area (Å²) in [6.45, 7) is 4.30. The zero-order chi connectivity index (χ0) is 14.1. The van der Waals surface area contributed by atoms with Crippen LogP contribution in [0.15, 0.2) is 42.0 Å². The molecule has 0 heterocycles. The first-order valence-corrected chi connectivity index (χ1v) is 6.91. The Morgan fingerprint density at radius 1 is 1.37 bits per heavy atom. The molecule has 0 radical (unpaired) electrons. The van der Waals surface area contributed by atoms with Crippen molar-refractivity contribution < 1.29 is 4.74 Å². The van der Waals surface area contributed by atoms with Crippen molar-refractivity contribution in [3.8, 4) is 5.75 Å². The van der Waals surface area contributed by atoms with Crippen LogP contribution in [0.4, 0.5) is 5.69 Å². The van der Waals surface area contributed by atoms with E-state index in [1.807, 2.05) is 19.2 Å². The van der Waals surface area contributed by atoms with Gasteiger partial charge in [0.05, 0.1) is 7.11 Å². The summed E-state index contributed by atoms with van der Waals surface area (Å²) in [5, 5.41) is 3.16. The maximum atomic E-state index is 5.40. The fourth-order valence-corrected chi connectivity index (χ4v) is 2.04. The third-order valence-electron chi connectivity index (χ3n) is 3.15. The molecule has 0 atom stereocenters. The van der Waals surface area contributed by atoms with Crippen molar-refractivity contribution >= 4 is 5.69 Å². The van der Waals surface area contributed by atoms with E-state index in [0.717, 1.165) is 24.3 Å². The standard InChI is InChI=1S/C17H25NO/c1-5-8-14(6-2)9-7-10-15-13-16(18-3)11-12-17(15)19-4/h6-7,9,11-13,18H,5,8,10H2,1-4H3/b9-7-,14-6-. The predicted octanol–water partition coefficient (Wildman–Crippen LogP) is 4.58. The summed E-state index contributed by atoms with van der Waals surface area (Å²) in [5.41, 5.74) is 3.72. The molecule has 0 aliphatic carbocycles. The van der Waals surface area contributed by atoms with Gasteiger partial charge >= 0.3 is 0 Å². The number of rotatable bonds is 7. The van der Waals surface area contributed by atoms with Crippen LogP contribution in [0.2, 0.25) is 0 Å².